The smallest absolute Gasteiger partial charge is 0.255 e. The van der Waals surface area contributed by atoms with Gasteiger partial charge in [0.25, 0.3) is 5.91 Å². The normalized spacial score (nSPS) is 15.9. The Morgan fingerprint density at radius 1 is 1.45 bits per heavy atom. The molecule has 1 amide bonds. The molecule has 1 aromatic rings. The van der Waals surface area contributed by atoms with E-state index in [1.807, 2.05) is 0 Å². The zero-order chi connectivity index (χ0) is 14.4. The van der Waals surface area contributed by atoms with Crippen molar-refractivity contribution in [1.82, 2.24) is 15.5 Å². The Labute approximate surface area is 118 Å². The van der Waals surface area contributed by atoms with Crippen LogP contribution in [0.2, 0.25) is 0 Å². The summed E-state index contributed by atoms with van der Waals surface area (Å²) in [6.45, 7) is 5.26. The summed E-state index contributed by atoms with van der Waals surface area (Å²) in [5, 5.41) is 6.07. The highest BCUT2D eigenvalue weighted by Crippen LogP contribution is 2.18. The molecule has 0 radical (unpaired) electrons. The number of hydrogen-bond donors (Lipinski definition) is 2. The van der Waals surface area contributed by atoms with Gasteiger partial charge in [-0.3, -0.25) is 9.69 Å². The van der Waals surface area contributed by atoms with E-state index in [1.165, 1.54) is 25.3 Å². The van der Waals surface area contributed by atoms with E-state index in [-0.39, 0.29) is 11.5 Å². The number of ether oxygens (including phenoxy) is 1. The van der Waals surface area contributed by atoms with Gasteiger partial charge in [-0.15, -0.1) is 0 Å². The summed E-state index contributed by atoms with van der Waals surface area (Å²) in [5.41, 5.74) is 0.229. The lowest BCUT2D eigenvalue weighted by molar-refractivity contribution is 0.0943. The number of halogens is 1. The minimum Gasteiger partial charge on any atom is -0.496 e. The predicted octanol–water partition coefficient (Wildman–Crippen LogP) is 0.469. The second kappa shape index (κ2) is 7.21. The fraction of sp³-hybridized carbons (Fsp3) is 0.500. The summed E-state index contributed by atoms with van der Waals surface area (Å²) in [7, 11) is 1.46. The van der Waals surface area contributed by atoms with E-state index in [0.717, 1.165) is 32.7 Å². The molecule has 1 aromatic carbocycles. The molecule has 20 heavy (non-hydrogen) atoms. The van der Waals surface area contributed by atoms with Gasteiger partial charge in [-0.1, -0.05) is 0 Å². The van der Waals surface area contributed by atoms with Gasteiger partial charge in [-0.25, -0.2) is 4.39 Å². The zero-order valence-electron chi connectivity index (χ0n) is 11.6. The molecule has 0 aromatic heterocycles. The number of nitrogens with one attached hydrogen (secondary N) is 2. The lowest BCUT2D eigenvalue weighted by atomic mass is 10.2. The van der Waals surface area contributed by atoms with E-state index in [2.05, 4.69) is 15.5 Å². The molecule has 1 aliphatic heterocycles. The maximum Gasteiger partial charge on any atom is 0.255 e. The van der Waals surface area contributed by atoms with Gasteiger partial charge in [0.15, 0.2) is 0 Å². The van der Waals surface area contributed by atoms with Crippen molar-refractivity contribution >= 4 is 5.91 Å². The van der Waals surface area contributed by atoms with Crippen LogP contribution in [0.15, 0.2) is 18.2 Å². The van der Waals surface area contributed by atoms with Crippen LogP contribution >= 0.6 is 0 Å². The summed E-state index contributed by atoms with van der Waals surface area (Å²) >= 11 is 0. The molecular weight excluding hydrogens is 261 g/mol. The van der Waals surface area contributed by atoms with Gasteiger partial charge >= 0.3 is 0 Å². The monoisotopic (exact) mass is 281 g/mol. The number of carbonyl (C=O) groups is 1. The summed E-state index contributed by atoms with van der Waals surface area (Å²) in [6.07, 6.45) is 0. The first-order valence-electron chi connectivity index (χ1n) is 6.75. The SMILES string of the molecule is COc1ccc(F)cc1C(=O)NCCN1CCNCC1. The van der Waals surface area contributed by atoms with Crippen molar-refractivity contribution in [1.29, 1.82) is 0 Å². The Balaban J connectivity index is 1.86. The third kappa shape index (κ3) is 3.91. The molecule has 1 heterocycles. The van der Waals surface area contributed by atoms with Crippen LogP contribution < -0.4 is 15.4 Å². The zero-order valence-corrected chi connectivity index (χ0v) is 11.6. The van der Waals surface area contributed by atoms with Gasteiger partial charge in [0.05, 0.1) is 12.7 Å². The molecular formula is C14H20FN3O2. The molecule has 0 unspecified atom stereocenters. The van der Waals surface area contributed by atoms with Crippen molar-refractivity contribution in [2.45, 2.75) is 0 Å². The average molecular weight is 281 g/mol. The lowest BCUT2D eigenvalue weighted by Crippen LogP contribution is -2.46. The maximum atomic E-state index is 13.2. The van der Waals surface area contributed by atoms with E-state index in [1.54, 1.807) is 0 Å². The van der Waals surface area contributed by atoms with E-state index in [9.17, 15) is 9.18 Å². The van der Waals surface area contributed by atoms with Crippen molar-refractivity contribution in [2.24, 2.45) is 0 Å². The van der Waals surface area contributed by atoms with E-state index in [4.69, 9.17) is 4.74 Å². The molecule has 2 N–H and O–H groups in total. The predicted molar refractivity (Wildman–Crippen MR) is 74.6 cm³/mol. The van der Waals surface area contributed by atoms with E-state index in [0.29, 0.717) is 12.3 Å². The second-order valence-electron chi connectivity index (χ2n) is 4.69. The second-order valence-corrected chi connectivity index (χ2v) is 4.69. The first-order valence-corrected chi connectivity index (χ1v) is 6.75. The Morgan fingerprint density at radius 2 is 2.20 bits per heavy atom. The highest BCUT2D eigenvalue weighted by atomic mass is 19.1. The number of hydrogen-bond acceptors (Lipinski definition) is 4. The van der Waals surface area contributed by atoms with Gasteiger partial charge in [0.2, 0.25) is 0 Å². The van der Waals surface area contributed by atoms with E-state index < -0.39 is 5.82 Å². The minimum atomic E-state index is -0.446. The molecule has 6 heteroatoms. The van der Waals surface area contributed by atoms with Gasteiger partial charge in [0.1, 0.15) is 11.6 Å². The molecule has 110 valence electrons. The highest BCUT2D eigenvalue weighted by molar-refractivity contribution is 5.96. The third-order valence-electron chi connectivity index (χ3n) is 3.33. The van der Waals surface area contributed by atoms with Crippen LogP contribution in [0.3, 0.4) is 0 Å². The van der Waals surface area contributed by atoms with Crippen LogP contribution in [0.1, 0.15) is 10.4 Å². The first-order chi connectivity index (χ1) is 9.70. The maximum absolute atomic E-state index is 13.2. The number of methoxy groups -OCH3 is 1. The molecule has 1 aliphatic rings. The van der Waals surface area contributed by atoms with Crippen LogP contribution in [-0.2, 0) is 0 Å². The van der Waals surface area contributed by atoms with Gasteiger partial charge < -0.3 is 15.4 Å². The van der Waals surface area contributed by atoms with Crippen molar-refractivity contribution in [2.75, 3.05) is 46.4 Å². The Bertz CT molecular complexity index is 462. The van der Waals surface area contributed by atoms with Crippen LogP contribution in [0.5, 0.6) is 5.75 Å². The molecule has 0 saturated carbocycles. The minimum absolute atomic E-state index is 0.229. The Morgan fingerprint density at radius 3 is 2.90 bits per heavy atom. The van der Waals surface area contributed by atoms with Crippen LogP contribution in [0.25, 0.3) is 0 Å². The van der Waals surface area contributed by atoms with Crippen LogP contribution in [0.4, 0.5) is 4.39 Å². The fourth-order valence-corrected chi connectivity index (χ4v) is 2.22. The molecule has 0 aliphatic carbocycles. The highest BCUT2D eigenvalue weighted by Gasteiger charge is 2.14. The molecule has 1 fully saturated rings. The average Bonchev–Trinajstić information content (AvgIpc) is 2.48. The standard InChI is InChI=1S/C14H20FN3O2/c1-20-13-3-2-11(15)10-12(13)14(19)17-6-9-18-7-4-16-5-8-18/h2-3,10,16H,4-9H2,1H3,(H,17,19). The summed E-state index contributed by atoms with van der Waals surface area (Å²) in [5.74, 6) is -0.374. The van der Waals surface area contributed by atoms with Crippen LogP contribution in [0, 0.1) is 5.82 Å². The topological polar surface area (TPSA) is 53.6 Å². The third-order valence-corrected chi connectivity index (χ3v) is 3.33. The largest absolute Gasteiger partial charge is 0.496 e. The number of amides is 1. The van der Waals surface area contributed by atoms with Crippen molar-refractivity contribution < 1.29 is 13.9 Å². The molecule has 0 bridgehead atoms. The number of benzene rings is 1. The summed E-state index contributed by atoms with van der Waals surface area (Å²) < 4.78 is 18.3. The molecule has 0 spiro atoms. The number of nitrogens with zero attached hydrogens (tertiary/aromatic N) is 1. The van der Waals surface area contributed by atoms with Crippen molar-refractivity contribution in [3.8, 4) is 5.75 Å². The first kappa shape index (κ1) is 14.7. The van der Waals surface area contributed by atoms with Gasteiger partial charge in [0, 0.05) is 39.3 Å². The number of piperazine rings is 1. The summed E-state index contributed by atoms with van der Waals surface area (Å²) in [4.78, 5) is 14.3. The number of rotatable bonds is 5. The quantitative estimate of drug-likeness (QED) is 0.824. The fourth-order valence-electron chi connectivity index (χ4n) is 2.22. The molecule has 5 nitrogen and oxygen atoms in total. The lowest BCUT2D eigenvalue weighted by Gasteiger charge is -2.27. The van der Waals surface area contributed by atoms with Crippen molar-refractivity contribution in [3.63, 3.8) is 0 Å². The van der Waals surface area contributed by atoms with Crippen molar-refractivity contribution in [3.05, 3.63) is 29.6 Å². The molecule has 0 atom stereocenters. The Kier molecular flexibility index (Phi) is 5.31. The number of carbonyl (C=O) groups excluding carboxylic acids is 1. The van der Waals surface area contributed by atoms with Gasteiger partial charge in [-0.2, -0.15) is 0 Å². The summed E-state index contributed by atoms with van der Waals surface area (Å²) in [6, 6.07) is 3.93. The molecule has 1 saturated heterocycles. The Hall–Kier alpha value is -1.66. The van der Waals surface area contributed by atoms with Gasteiger partial charge in [-0.05, 0) is 18.2 Å². The van der Waals surface area contributed by atoms with Crippen LogP contribution in [-0.4, -0.2) is 57.2 Å². The van der Waals surface area contributed by atoms with E-state index >= 15 is 0 Å². The molecule has 2 rings (SSSR count).